The first-order valence-electron chi connectivity index (χ1n) is 4.74. The Morgan fingerprint density at radius 1 is 1.33 bits per heavy atom. The first kappa shape index (κ1) is 12.8. The van der Waals surface area contributed by atoms with Gasteiger partial charge in [0.15, 0.2) is 0 Å². The monoisotopic (exact) mass is 248 g/mol. The zero-order valence-electron chi connectivity index (χ0n) is 8.45. The average Bonchev–Trinajstić information content (AvgIpc) is 2.21. The van der Waals surface area contributed by atoms with Crippen molar-refractivity contribution in [3.63, 3.8) is 0 Å². The highest BCUT2D eigenvalue weighted by atomic mass is 35.5. The van der Waals surface area contributed by atoms with Gasteiger partial charge < -0.3 is 10.2 Å². The van der Waals surface area contributed by atoms with Gasteiger partial charge in [-0.1, -0.05) is 29.3 Å². The van der Waals surface area contributed by atoms with Crippen molar-refractivity contribution in [1.29, 1.82) is 0 Å². The zero-order valence-corrected chi connectivity index (χ0v) is 9.96. The van der Waals surface area contributed by atoms with E-state index in [2.05, 4.69) is 0 Å². The molecular weight excluding hydrogens is 235 g/mol. The van der Waals surface area contributed by atoms with Gasteiger partial charge >= 0.3 is 0 Å². The number of hydrogen-bond donors (Lipinski definition) is 2. The molecule has 1 aromatic carbocycles. The van der Waals surface area contributed by atoms with E-state index in [-0.39, 0.29) is 0 Å². The molecule has 0 aromatic heterocycles. The van der Waals surface area contributed by atoms with Crippen molar-refractivity contribution in [2.45, 2.75) is 25.6 Å². The fraction of sp³-hybridized carbons (Fsp3) is 0.455. The molecule has 0 saturated heterocycles. The van der Waals surface area contributed by atoms with Crippen LogP contribution < -0.4 is 0 Å². The van der Waals surface area contributed by atoms with Crippen molar-refractivity contribution in [1.82, 2.24) is 0 Å². The molecule has 1 rings (SSSR count). The van der Waals surface area contributed by atoms with Crippen molar-refractivity contribution in [3.05, 3.63) is 34.3 Å². The number of aryl methyl sites for hydroxylation is 1. The lowest BCUT2D eigenvalue weighted by Gasteiger charge is -2.18. The fourth-order valence-electron chi connectivity index (χ4n) is 1.37. The maximum Gasteiger partial charge on any atom is 0.106 e. The molecule has 1 aromatic rings. The summed E-state index contributed by atoms with van der Waals surface area (Å²) in [5, 5.41) is 19.9. The molecule has 0 spiro atoms. The van der Waals surface area contributed by atoms with Crippen molar-refractivity contribution in [2.75, 3.05) is 5.88 Å². The molecule has 0 bridgehead atoms. The van der Waals surface area contributed by atoms with Crippen molar-refractivity contribution >= 4 is 23.2 Å². The Bertz CT molecular complexity index is 328. The van der Waals surface area contributed by atoms with Crippen LogP contribution in [0.15, 0.2) is 18.2 Å². The Morgan fingerprint density at radius 3 is 2.60 bits per heavy atom. The van der Waals surface area contributed by atoms with Crippen LogP contribution in [0.25, 0.3) is 0 Å². The van der Waals surface area contributed by atoms with Gasteiger partial charge in [0.25, 0.3) is 0 Å². The molecule has 0 aliphatic heterocycles. The standard InChI is InChI=1S/C11H14Cl2O2/c1-7-2-3-9(13)8(6-7)11(15)10(14)4-5-12/h2-3,6,10-11,14-15H,4-5H2,1H3. The Labute approximate surface area is 99.5 Å². The van der Waals surface area contributed by atoms with Crippen LogP contribution in [-0.4, -0.2) is 22.2 Å². The second-order valence-electron chi connectivity index (χ2n) is 3.51. The highest BCUT2D eigenvalue weighted by molar-refractivity contribution is 6.31. The summed E-state index contributed by atoms with van der Waals surface area (Å²) in [5.41, 5.74) is 1.54. The molecule has 0 aliphatic carbocycles. The van der Waals surface area contributed by atoms with Gasteiger partial charge in [0.1, 0.15) is 6.10 Å². The van der Waals surface area contributed by atoms with Crippen LogP contribution >= 0.6 is 23.2 Å². The Morgan fingerprint density at radius 2 is 2.00 bits per heavy atom. The highest BCUT2D eigenvalue weighted by Gasteiger charge is 2.20. The maximum atomic E-state index is 9.83. The zero-order chi connectivity index (χ0) is 11.4. The van der Waals surface area contributed by atoms with Gasteiger partial charge in [-0.2, -0.15) is 0 Å². The van der Waals surface area contributed by atoms with Crippen LogP contribution in [0.2, 0.25) is 5.02 Å². The number of aliphatic hydroxyl groups excluding tert-OH is 2. The largest absolute Gasteiger partial charge is 0.390 e. The molecular formula is C11H14Cl2O2. The Balaban J connectivity index is 2.89. The van der Waals surface area contributed by atoms with Gasteiger partial charge in [-0.15, -0.1) is 11.6 Å². The molecule has 0 amide bonds. The summed E-state index contributed by atoms with van der Waals surface area (Å²) in [4.78, 5) is 0. The number of hydrogen-bond acceptors (Lipinski definition) is 2. The summed E-state index contributed by atoms with van der Waals surface area (Å²) in [6.45, 7) is 1.90. The third-order valence-corrected chi connectivity index (χ3v) is 2.80. The normalized spacial score (nSPS) is 15.0. The Hall–Kier alpha value is -0.280. The van der Waals surface area contributed by atoms with E-state index in [1.165, 1.54) is 0 Å². The Kier molecular flexibility index (Phi) is 4.87. The van der Waals surface area contributed by atoms with Gasteiger partial charge in [0.05, 0.1) is 6.10 Å². The van der Waals surface area contributed by atoms with Gasteiger partial charge in [-0.3, -0.25) is 0 Å². The predicted molar refractivity (Wildman–Crippen MR) is 62.5 cm³/mol. The summed E-state index contributed by atoms with van der Waals surface area (Å²) in [5.74, 6) is 0.307. The third-order valence-electron chi connectivity index (χ3n) is 2.24. The molecule has 2 nitrogen and oxygen atoms in total. The molecule has 0 heterocycles. The van der Waals surface area contributed by atoms with Crippen LogP contribution in [0.5, 0.6) is 0 Å². The first-order chi connectivity index (χ1) is 7.06. The SMILES string of the molecule is Cc1ccc(Cl)c(C(O)C(O)CCCl)c1. The van der Waals surface area contributed by atoms with Gasteiger partial charge in [-0.05, 0) is 19.4 Å². The van der Waals surface area contributed by atoms with Crippen molar-refractivity contribution < 1.29 is 10.2 Å². The van der Waals surface area contributed by atoms with Gasteiger partial charge in [-0.25, -0.2) is 0 Å². The van der Waals surface area contributed by atoms with Crippen LogP contribution in [0.3, 0.4) is 0 Å². The molecule has 4 heteroatoms. The van der Waals surface area contributed by atoms with E-state index < -0.39 is 12.2 Å². The lowest BCUT2D eigenvalue weighted by molar-refractivity contribution is 0.0170. The molecule has 2 N–H and O–H groups in total. The average molecular weight is 249 g/mol. The van der Waals surface area contributed by atoms with Crippen molar-refractivity contribution in [2.24, 2.45) is 0 Å². The molecule has 0 aliphatic rings. The summed E-state index contributed by atoms with van der Waals surface area (Å²) in [7, 11) is 0. The lowest BCUT2D eigenvalue weighted by atomic mass is 10.0. The van der Waals surface area contributed by atoms with Gasteiger partial charge in [0, 0.05) is 16.5 Å². The van der Waals surface area contributed by atoms with Crippen LogP contribution in [0, 0.1) is 6.92 Å². The molecule has 2 atom stereocenters. The van der Waals surface area contributed by atoms with E-state index in [0.29, 0.717) is 22.9 Å². The minimum atomic E-state index is -0.976. The summed E-state index contributed by atoms with van der Waals surface area (Å²) in [6.07, 6.45) is -1.51. The third kappa shape index (κ3) is 3.35. The smallest absolute Gasteiger partial charge is 0.106 e. The maximum absolute atomic E-state index is 9.83. The summed E-state index contributed by atoms with van der Waals surface area (Å²) < 4.78 is 0. The van der Waals surface area contributed by atoms with Crippen molar-refractivity contribution in [3.8, 4) is 0 Å². The summed E-state index contributed by atoms with van der Waals surface area (Å²) >= 11 is 11.4. The van der Waals surface area contributed by atoms with E-state index in [1.807, 2.05) is 13.0 Å². The van der Waals surface area contributed by atoms with Crippen LogP contribution in [-0.2, 0) is 0 Å². The number of aliphatic hydroxyl groups is 2. The molecule has 0 radical (unpaired) electrons. The van der Waals surface area contributed by atoms with Crippen LogP contribution in [0.1, 0.15) is 23.7 Å². The number of alkyl halides is 1. The molecule has 2 unspecified atom stereocenters. The van der Waals surface area contributed by atoms with E-state index in [1.54, 1.807) is 12.1 Å². The fourth-order valence-corrected chi connectivity index (χ4v) is 1.82. The van der Waals surface area contributed by atoms with Crippen LogP contribution in [0.4, 0.5) is 0 Å². The minimum Gasteiger partial charge on any atom is -0.390 e. The van der Waals surface area contributed by atoms with E-state index in [4.69, 9.17) is 23.2 Å². The highest BCUT2D eigenvalue weighted by Crippen LogP contribution is 2.27. The predicted octanol–water partition coefficient (Wildman–Crippen LogP) is 2.67. The molecule has 0 saturated carbocycles. The molecule has 84 valence electrons. The second-order valence-corrected chi connectivity index (χ2v) is 4.30. The quantitative estimate of drug-likeness (QED) is 0.805. The second kappa shape index (κ2) is 5.71. The number of halogens is 2. The van der Waals surface area contributed by atoms with E-state index in [0.717, 1.165) is 5.56 Å². The topological polar surface area (TPSA) is 40.5 Å². The first-order valence-corrected chi connectivity index (χ1v) is 5.65. The number of rotatable bonds is 4. The summed E-state index contributed by atoms with van der Waals surface area (Å²) in [6, 6.07) is 5.33. The minimum absolute atomic E-state index is 0.307. The van der Waals surface area contributed by atoms with Gasteiger partial charge in [0.2, 0.25) is 0 Å². The molecule has 0 fully saturated rings. The number of benzene rings is 1. The lowest BCUT2D eigenvalue weighted by Crippen LogP contribution is -2.19. The van der Waals surface area contributed by atoms with E-state index >= 15 is 0 Å². The molecule has 15 heavy (non-hydrogen) atoms. The van der Waals surface area contributed by atoms with E-state index in [9.17, 15) is 10.2 Å².